The molecule has 0 spiro atoms. The van der Waals surface area contributed by atoms with Crippen molar-refractivity contribution in [2.24, 2.45) is 5.92 Å². The maximum absolute atomic E-state index is 12.6. The second kappa shape index (κ2) is 28.1. The predicted octanol–water partition coefficient (Wildman–Crippen LogP) is 10.3. The molecular formula is C56H79BrCl2O14Si3. The average molecular weight is 1210 g/mol. The van der Waals surface area contributed by atoms with Crippen molar-refractivity contribution in [2.75, 3.05) is 39.6 Å². The van der Waals surface area contributed by atoms with Gasteiger partial charge in [-0.1, -0.05) is 82.5 Å². The van der Waals surface area contributed by atoms with Crippen LogP contribution in [0, 0.1) is 5.92 Å². The van der Waals surface area contributed by atoms with Gasteiger partial charge in [-0.2, -0.15) is 0 Å². The third-order valence-corrected chi connectivity index (χ3v) is 17.1. The number of ether oxygens (including phenoxy) is 6. The molecule has 14 nitrogen and oxygen atoms in total. The second-order valence-corrected chi connectivity index (χ2v) is 38.0. The minimum Gasteiger partial charge on any atom is -0.488 e. The van der Waals surface area contributed by atoms with Crippen LogP contribution in [-0.4, -0.2) is 146 Å². The molecule has 0 radical (unpaired) electrons. The van der Waals surface area contributed by atoms with Gasteiger partial charge in [0.05, 0.1) is 45.7 Å². The molecule has 76 heavy (non-hydrogen) atoms. The Hall–Kier alpha value is -2.74. The fourth-order valence-electron chi connectivity index (χ4n) is 8.91. The lowest BCUT2D eigenvalue weighted by atomic mass is 9.90. The highest BCUT2D eigenvalue weighted by atomic mass is 79.9. The van der Waals surface area contributed by atoms with Gasteiger partial charge in [-0.05, 0) is 148 Å². The van der Waals surface area contributed by atoms with Gasteiger partial charge in [-0.15, -0.1) is 0 Å². The van der Waals surface area contributed by atoms with Gasteiger partial charge in [-0.25, -0.2) is 4.79 Å². The molecule has 0 saturated carbocycles. The van der Waals surface area contributed by atoms with E-state index in [0.29, 0.717) is 36.8 Å². The minimum absolute atomic E-state index is 0.0483. The Morgan fingerprint density at radius 2 is 1.16 bits per heavy atom. The van der Waals surface area contributed by atoms with E-state index < -0.39 is 68.2 Å². The van der Waals surface area contributed by atoms with Crippen LogP contribution in [0.25, 0.3) is 0 Å². The Balaban J connectivity index is 0.000000189. The summed E-state index contributed by atoms with van der Waals surface area (Å²) in [5.74, 6) is 1.44. The van der Waals surface area contributed by atoms with E-state index in [1.165, 1.54) is 5.56 Å². The molecule has 0 amide bonds. The Kier molecular flexibility index (Phi) is 23.1. The molecule has 0 bridgehead atoms. The first kappa shape index (κ1) is 62.5. The van der Waals surface area contributed by atoms with Gasteiger partial charge < -0.3 is 62.1 Å². The molecule has 0 aliphatic carbocycles. The van der Waals surface area contributed by atoms with E-state index in [4.69, 9.17) is 64.9 Å². The lowest BCUT2D eigenvalue weighted by Crippen LogP contribution is -2.59. The third-order valence-electron chi connectivity index (χ3n) is 12.9. The van der Waals surface area contributed by atoms with E-state index in [1.807, 2.05) is 54.6 Å². The molecule has 4 aromatic rings. The zero-order valence-electron chi connectivity index (χ0n) is 45.5. The average Bonchev–Trinajstić information content (AvgIpc) is 4.08. The zero-order chi connectivity index (χ0) is 55.5. The summed E-state index contributed by atoms with van der Waals surface area (Å²) in [7, 11) is -5.38. The van der Waals surface area contributed by atoms with Crippen molar-refractivity contribution in [3.63, 3.8) is 0 Å². The number of benzene rings is 4. The lowest BCUT2D eigenvalue weighted by Gasteiger charge is -2.44. The SMILES string of the molecule is C[C@H]1[C@H](O[Si](C)(C)C)[C@@H](O[Si](C)(C)C)C(=O)O[C@@H]1CO[Si](C)(C)C.Clc1ccc(Br)cc1Cc1ccc(O[C@H]2CCOC2)cc1.OC[C@H]1O[C@@H](c2ccc(Cl)c(Cc3ccc(O[C@H]4CCOC4)cc3)c2)[C@H](O)[C@@H](O)[C@@H]1O. The summed E-state index contributed by atoms with van der Waals surface area (Å²) in [6.07, 6.45) is -3.65. The van der Waals surface area contributed by atoms with Crippen LogP contribution in [0.5, 0.6) is 11.5 Å². The molecule has 0 unspecified atom stereocenters. The maximum atomic E-state index is 12.6. The number of carbonyl (C=O) groups excluding carboxylic acids is 1. The first-order valence-corrected chi connectivity index (χ1v) is 37.9. The van der Waals surface area contributed by atoms with Gasteiger partial charge in [0, 0.05) is 33.3 Å². The molecular weight excluding hydrogens is 1130 g/mol. The summed E-state index contributed by atoms with van der Waals surface area (Å²) in [5.41, 5.74) is 4.79. The van der Waals surface area contributed by atoms with Crippen LogP contribution in [0.2, 0.25) is 69.0 Å². The van der Waals surface area contributed by atoms with Crippen LogP contribution in [0.4, 0.5) is 0 Å². The van der Waals surface area contributed by atoms with Crippen molar-refractivity contribution in [1.82, 2.24) is 0 Å². The number of halogens is 3. The Morgan fingerprint density at radius 3 is 1.63 bits per heavy atom. The topological polar surface area (TPSA) is 181 Å². The summed E-state index contributed by atoms with van der Waals surface area (Å²) in [4.78, 5) is 12.6. The van der Waals surface area contributed by atoms with Crippen molar-refractivity contribution in [3.05, 3.63) is 127 Å². The van der Waals surface area contributed by atoms with Crippen LogP contribution < -0.4 is 9.47 Å². The normalized spacial score (nSPS) is 26.9. The highest BCUT2D eigenvalue weighted by Gasteiger charge is 2.49. The quantitative estimate of drug-likeness (QED) is 0.0579. The molecule has 4 heterocycles. The molecule has 4 aromatic carbocycles. The summed E-state index contributed by atoms with van der Waals surface area (Å²) in [6, 6.07) is 27.1. The van der Waals surface area contributed by atoms with E-state index in [-0.39, 0.29) is 36.3 Å². The molecule has 4 fully saturated rings. The molecule has 4 saturated heterocycles. The standard InChI is InChI=1S/C23H27ClO7.C17H16BrClO2.C16H36O5Si3/c24-18-6-3-14(23-22(28)21(27)20(26)19(11-25)31-23)10-15(18)9-13-1-4-16(5-2-13)30-17-7-8-29-12-17;18-14-3-6-17(19)13(10-14)9-12-1-4-15(5-2-12)21-16-7-8-20-11-16;1-12-13(11-18-22(2,3)4)19-16(17)15(21-24(8,9)10)14(12)20-23(5,6)7/h1-6,10,17,19-23,25-28H,7-9,11-12H2;1-6,10,16H,7-9,11H2;12-15H,11H2,1-10H3/t17-,19+,20+,21-,22+,23-;16-;12-,13-,14+,15-/m001/s1. The number of hydrogen-bond donors (Lipinski definition) is 4. The third kappa shape index (κ3) is 19.2. The first-order chi connectivity index (χ1) is 35.8. The molecule has 4 N–H and O–H groups in total. The fraction of sp³-hybridized carbons (Fsp3) is 0.554. The van der Waals surface area contributed by atoms with Crippen LogP contribution >= 0.6 is 39.1 Å². The molecule has 8 rings (SSSR count). The first-order valence-electron chi connectivity index (χ1n) is 26.2. The van der Waals surface area contributed by atoms with Crippen LogP contribution in [-0.2, 0) is 49.9 Å². The Labute approximate surface area is 471 Å². The summed E-state index contributed by atoms with van der Waals surface area (Å²) in [5, 5.41) is 41.3. The molecule has 11 atom stereocenters. The highest BCUT2D eigenvalue weighted by Crippen LogP contribution is 2.36. The molecule has 4 aliphatic rings. The minimum atomic E-state index is -1.89. The van der Waals surface area contributed by atoms with Crippen LogP contribution in [0.3, 0.4) is 0 Å². The molecule has 4 aliphatic heterocycles. The number of carbonyl (C=O) groups is 1. The fourth-order valence-corrected chi connectivity index (χ4v) is 12.5. The van der Waals surface area contributed by atoms with E-state index >= 15 is 0 Å². The summed E-state index contributed by atoms with van der Waals surface area (Å²) in [6.45, 7) is 23.9. The van der Waals surface area contributed by atoms with Crippen molar-refractivity contribution < 1.29 is 66.9 Å². The monoisotopic (exact) mass is 1210 g/mol. The van der Waals surface area contributed by atoms with E-state index in [2.05, 4.69) is 100.0 Å². The Morgan fingerprint density at radius 1 is 0.645 bits per heavy atom. The Bertz CT molecular complexity index is 2440. The lowest BCUT2D eigenvalue weighted by molar-refractivity contribution is -0.231. The molecule has 420 valence electrons. The van der Waals surface area contributed by atoms with E-state index in [1.54, 1.807) is 12.1 Å². The van der Waals surface area contributed by atoms with Crippen molar-refractivity contribution >= 4 is 70.1 Å². The van der Waals surface area contributed by atoms with Gasteiger partial charge in [0.25, 0.3) is 0 Å². The van der Waals surface area contributed by atoms with Gasteiger partial charge in [0.1, 0.15) is 60.3 Å². The predicted molar refractivity (Wildman–Crippen MR) is 306 cm³/mol. The maximum Gasteiger partial charge on any atom is 0.337 e. The highest BCUT2D eigenvalue weighted by molar-refractivity contribution is 9.10. The van der Waals surface area contributed by atoms with Crippen molar-refractivity contribution in [3.8, 4) is 11.5 Å². The van der Waals surface area contributed by atoms with Gasteiger partial charge in [0.2, 0.25) is 0 Å². The van der Waals surface area contributed by atoms with Gasteiger partial charge >= 0.3 is 5.97 Å². The van der Waals surface area contributed by atoms with Crippen molar-refractivity contribution in [2.45, 2.75) is 153 Å². The second-order valence-electron chi connectivity index (χ2n) is 22.8. The van der Waals surface area contributed by atoms with E-state index in [9.17, 15) is 25.2 Å². The summed E-state index contributed by atoms with van der Waals surface area (Å²) < 4.78 is 53.3. The molecule has 0 aromatic heterocycles. The summed E-state index contributed by atoms with van der Waals surface area (Å²) >= 11 is 16.1. The zero-order valence-corrected chi connectivity index (χ0v) is 51.6. The number of aliphatic hydroxyl groups excluding tert-OH is 4. The largest absolute Gasteiger partial charge is 0.488 e. The van der Waals surface area contributed by atoms with Crippen LogP contribution in [0.15, 0.2) is 89.4 Å². The van der Waals surface area contributed by atoms with Crippen LogP contribution in [0.1, 0.15) is 53.7 Å². The number of aliphatic hydroxyl groups is 4. The number of hydrogen-bond acceptors (Lipinski definition) is 14. The number of cyclic esters (lactones) is 1. The van der Waals surface area contributed by atoms with E-state index in [0.717, 1.165) is 70.2 Å². The van der Waals surface area contributed by atoms with Gasteiger partial charge in [-0.3, -0.25) is 0 Å². The number of esters is 1. The van der Waals surface area contributed by atoms with Gasteiger partial charge in [0.15, 0.2) is 31.1 Å². The smallest absolute Gasteiger partial charge is 0.337 e. The number of rotatable bonds is 17. The molecule has 20 heteroatoms. The van der Waals surface area contributed by atoms with Crippen molar-refractivity contribution in [1.29, 1.82) is 0 Å².